The largest absolute Gasteiger partial charge is 0.478 e. The maximum atomic E-state index is 10.3. The van der Waals surface area contributed by atoms with Crippen LogP contribution in [0.2, 0.25) is 5.02 Å². The SMILES string of the molecule is Cc1ccc(/C=C/C(=O)O)c(Br)c1Cl. The molecule has 14 heavy (non-hydrogen) atoms. The fraction of sp³-hybridized carbons (Fsp3) is 0.100. The van der Waals surface area contributed by atoms with Crippen molar-refractivity contribution < 1.29 is 9.90 Å². The van der Waals surface area contributed by atoms with Gasteiger partial charge >= 0.3 is 5.97 Å². The smallest absolute Gasteiger partial charge is 0.328 e. The molecule has 1 N–H and O–H groups in total. The van der Waals surface area contributed by atoms with E-state index in [9.17, 15) is 4.79 Å². The number of halogens is 2. The summed E-state index contributed by atoms with van der Waals surface area (Å²) in [4.78, 5) is 10.3. The molecule has 0 unspecified atom stereocenters. The first-order chi connectivity index (χ1) is 6.52. The lowest BCUT2D eigenvalue weighted by molar-refractivity contribution is -0.131. The number of benzene rings is 1. The number of rotatable bonds is 2. The Kier molecular flexibility index (Phi) is 3.72. The average Bonchev–Trinajstić information content (AvgIpc) is 2.13. The van der Waals surface area contributed by atoms with Gasteiger partial charge in [-0.15, -0.1) is 0 Å². The van der Waals surface area contributed by atoms with Gasteiger partial charge in [0.15, 0.2) is 0 Å². The molecule has 0 aliphatic carbocycles. The molecule has 1 aromatic carbocycles. The Morgan fingerprint density at radius 1 is 1.57 bits per heavy atom. The van der Waals surface area contributed by atoms with Crippen molar-refractivity contribution in [1.29, 1.82) is 0 Å². The predicted octanol–water partition coefficient (Wildman–Crippen LogP) is 3.51. The molecule has 0 heterocycles. The van der Waals surface area contributed by atoms with E-state index in [1.54, 1.807) is 0 Å². The molecule has 2 nitrogen and oxygen atoms in total. The monoisotopic (exact) mass is 274 g/mol. The Labute approximate surface area is 95.3 Å². The summed E-state index contributed by atoms with van der Waals surface area (Å²) >= 11 is 9.27. The van der Waals surface area contributed by atoms with Gasteiger partial charge in [-0.2, -0.15) is 0 Å². The van der Waals surface area contributed by atoms with E-state index >= 15 is 0 Å². The average molecular weight is 276 g/mol. The highest BCUT2D eigenvalue weighted by molar-refractivity contribution is 9.10. The second-order valence-electron chi connectivity index (χ2n) is 2.77. The van der Waals surface area contributed by atoms with Gasteiger partial charge in [-0.05, 0) is 40.1 Å². The fourth-order valence-electron chi connectivity index (χ4n) is 0.951. The molecule has 0 aliphatic rings. The highest BCUT2D eigenvalue weighted by atomic mass is 79.9. The second kappa shape index (κ2) is 4.62. The van der Waals surface area contributed by atoms with Crippen molar-refractivity contribution in [3.05, 3.63) is 38.8 Å². The summed E-state index contributed by atoms with van der Waals surface area (Å²) in [6, 6.07) is 3.65. The van der Waals surface area contributed by atoms with Crippen LogP contribution in [0.15, 0.2) is 22.7 Å². The first-order valence-corrected chi connectivity index (χ1v) is 5.05. The van der Waals surface area contributed by atoms with Crippen molar-refractivity contribution in [2.24, 2.45) is 0 Å². The molecule has 0 saturated carbocycles. The van der Waals surface area contributed by atoms with Crippen LogP contribution in [0.25, 0.3) is 6.08 Å². The zero-order chi connectivity index (χ0) is 10.7. The van der Waals surface area contributed by atoms with E-state index in [-0.39, 0.29) is 0 Å². The van der Waals surface area contributed by atoms with Crippen molar-refractivity contribution in [1.82, 2.24) is 0 Å². The van der Waals surface area contributed by atoms with E-state index in [0.29, 0.717) is 5.02 Å². The topological polar surface area (TPSA) is 37.3 Å². The Bertz CT molecular complexity index is 399. The van der Waals surface area contributed by atoms with Crippen LogP contribution in [-0.4, -0.2) is 11.1 Å². The molecular weight excluding hydrogens is 267 g/mol. The van der Waals surface area contributed by atoms with Gasteiger partial charge in [0.25, 0.3) is 0 Å². The van der Waals surface area contributed by atoms with E-state index in [2.05, 4.69) is 15.9 Å². The van der Waals surface area contributed by atoms with Gasteiger partial charge in [0.1, 0.15) is 0 Å². The van der Waals surface area contributed by atoms with Crippen molar-refractivity contribution in [2.75, 3.05) is 0 Å². The highest BCUT2D eigenvalue weighted by Crippen LogP contribution is 2.30. The summed E-state index contributed by atoms with van der Waals surface area (Å²) in [5.41, 5.74) is 1.70. The molecule has 0 radical (unpaired) electrons. The maximum absolute atomic E-state index is 10.3. The lowest BCUT2D eigenvalue weighted by Crippen LogP contribution is -1.87. The molecule has 0 fully saturated rings. The molecular formula is C10H8BrClO2. The number of carboxylic acid groups (broad SMARTS) is 1. The first-order valence-electron chi connectivity index (χ1n) is 3.88. The van der Waals surface area contributed by atoms with Crippen molar-refractivity contribution in [3.8, 4) is 0 Å². The number of hydrogen-bond donors (Lipinski definition) is 1. The molecule has 0 aliphatic heterocycles. The molecule has 1 rings (SSSR count). The number of hydrogen-bond acceptors (Lipinski definition) is 1. The number of aliphatic carboxylic acids is 1. The zero-order valence-corrected chi connectivity index (χ0v) is 9.76. The van der Waals surface area contributed by atoms with Crippen LogP contribution in [0.1, 0.15) is 11.1 Å². The van der Waals surface area contributed by atoms with Crippen molar-refractivity contribution in [3.63, 3.8) is 0 Å². The summed E-state index contributed by atoms with van der Waals surface area (Å²) in [7, 11) is 0. The van der Waals surface area contributed by atoms with Crippen LogP contribution >= 0.6 is 27.5 Å². The summed E-state index contributed by atoms with van der Waals surface area (Å²) in [6.45, 7) is 1.89. The molecule has 0 spiro atoms. The minimum atomic E-state index is -0.978. The van der Waals surface area contributed by atoms with E-state index in [4.69, 9.17) is 16.7 Å². The minimum Gasteiger partial charge on any atom is -0.478 e. The molecule has 1 aromatic rings. The van der Waals surface area contributed by atoms with Crippen LogP contribution in [0.3, 0.4) is 0 Å². The Morgan fingerprint density at radius 2 is 2.21 bits per heavy atom. The molecule has 4 heteroatoms. The molecule has 0 aromatic heterocycles. The number of carboxylic acids is 1. The first kappa shape index (κ1) is 11.3. The fourth-order valence-corrected chi connectivity index (χ4v) is 1.70. The number of carbonyl (C=O) groups is 1. The molecule has 0 amide bonds. The van der Waals surface area contributed by atoms with Gasteiger partial charge in [0.2, 0.25) is 0 Å². The van der Waals surface area contributed by atoms with Crippen LogP contribution in [-0.2, 0) is 4.79 Å². The van der Waals surface area contributed by atoms with Crippen LogP contribution in [0.4, 0.5) is 0 Å². The summed E-state index contributed by atoms with van der Waals surface area (Å²) in [5, 5.41) is 9.06. The zero-order valence-electron chi connectivity index (χ0n) is 7.42. The van der Waals surface area contributed by atoms with Gasteiger partial charge in [-0.1, -0.05) is 23.7 Å². The standard InChI is InChI=1S/C10H8BrClO2/c1-6-2-3-7(4-5-8(13)14)9(11)10(6)12/h2-5H,1H3,(H,13,14)/b5-4+. The molecule has 0 atom stereocenters. The predicted molar refractivity (Wildman–Crippen MR) is 60.6 cm³/mol. The van der Waals surface area contributed by atoms with Crippen LogP contribution in [0.5, 0.6) is 0 Å². The van der Waals surface area contributed by atoms with Gasteiger partial charge < -0.3 is 5.11 Å². The van der Waals surface area contributed by atoms with E-state index in [0.717, 1.165) is 21.7 Å². The van der Waals surface area contributed by atoms with E-state index < -0.39 is 5.97 Å². The number of aryl methyl sites for hydroxylation is 1. The lowest BCUT2D eigenvalue weighted by atomic mass is 10.1. The quantitative estimate of drug-likeness (QED) is 0.839. The minimum absolute atomic E-state index is 0.609. The van der Waals surface area contributed by atoms with Crippen molar-refractivity contribution in [2.45, 2.75) is 6.92 Å². The maximum Gasteiger partial charge on any atom is 0.328 e. The van der Waals surface area contributed by atoms with Crippen LogP contribution < -0.4 is 0 Å². The van der Waals surface area contributed by atoms with Gasteiger partial charge in [-0.3, -0.25) is 0 Å². The third-order valence-electron chi connectivity index (χ3n) is 1.71. The Morgan fingerprint density at radius 3 is 2.79 bits per heavy atom. The van der Waals surface area contributed by atoms with Gasteiger partial charge in [0.05, 0.1) is 5.02 Å². The Balaban J connectivity index is 3.12. The van der Waals surface area contributed by atoms with Gasteiger partial charge in [-0.25, -0.2) is 4.79 Å². The summed E-state index contributed by atoms with van der Waals surface area (Å²) in [6.07, 6.45) is 2.57. The molecule has 0 bridgehead atoms. The summed E-state index contributed by atoms with van der Waals surface area (Å²) in [5.74, 6) is -0.978. The normalized spacial score (nSPS) is 10.8. The molecule has 74 valence electrons. The van der Waals surface area contributed by atoms with Gasteiger partial charge in [0, 0.05) is 10.5 Å². The molecule has 0 saturated heterocycles. The summed E-state index contributed by atoms with van der Waals surface area (Å²) < 4.78 is 0.719. The van der Waals surface area contributed by atoms with E-state index in [1.807, 2.05) is 19.1 Å². The lowest BCUT2D eigenvalue weighted by Gasteiger charge is -2.03. The third kappa shape index (κ3) is 2.59. The van der Waals surface area contributed by atoms with E-state index in [1.165, 1.54) is 6.08 Å². The Hall–Kier alpha value is -0.800. The third-order valence-corrected chi connectivity index (χ3v) is 3.28. The second-order valence-corrected chi connectivity index (χ2v) is 3.94. The van der Waals surface area contributed by atoms with Crippen LogP contribution in [0, 0.1) is 6.92 Å². The highest BCUT2D eigenvalue weighted by Gasteiger charge is 2.04. The van der Waals surface area contributed by atoms with Crippen molar-refractivity contribution >= 4 is 39.6 Å².